The standard InChI is InChI=1S/C24H26N8O2.C3H8/c1-3-34-24(33)30-23-28-20-12-17(16-5-4-6-25-14-16)11-18(22(20)29-23)19-13-21(27-15-26-19)32-9-7-31(2)8-10-32;1-3-2/h4-6,11-15H,3,7-10H2,1-2H3,(H2,28,29,30,33);3H2,1-2H3. The molecule has 0 aliphatic carbocycles. The third kappa shape index (κ3) is 6.39. The Kier molecular flexibility index (Phi) is 8.63. The van der Waals surface area contributed by atoms with Crippen LogP contribution in [0.3, 0.4) is 0 Å². The SMILES string of the molecule is CCC.CCOC(=O)Nc1nc2c(-c3cc(N4CCN(C)CC4)ncn3)cc(-c3cccnc3)cc2[nH]1. The molecule has 1 aliphatic heterocycles. The highest BCUT2D eigenvalue weighted by Crippen LogP contribution is 2.33. The van der Waals surface area contributed by atoms with Crippen molar-refractivity contribution in [3.05, 3.63) is 49.1 Å². The predicted octanol–water partition coefficient (Wildman–Crippen LogP) is 4.82. The van der Waals surface area contributed by atoms with Crippen molar-refractivity contribution >= 4 is 28.9 Å². The number of fused-ring (bicyclic) bond motifs is 1. The fourth-order valence-electron chi connectivity index (χ4n) is 4.04. The van der Waals surface area contributed by atoms with Gasteiger partial charge in [-0.25, -0.2) is 19.7 Å². The van der Waals surface area contributed by atoms with Crippen molar-refractivity contribution in [2.75, 3.05) is 50.1 Å². The van der Waals surface area contributed by atoms with Crippen LogP contribution in [0.1, 0.15) is 27.2 Å². The zero-order valence-corrected chi connectivity index (χ0v) is 21.9. The Morgan fingerprint density at radius 2 is 1.86 bits per heavy atom. The summed E-state index contributed by atoms with van der Waals surface area (Å²) in [5.74, 6) is 1.20. The smallest absolute Gasteiger partial charge is 0.413 e. The maximum atomic E-state index is 11.9. The molecule has 10 heteroatoms. The van der Waals surface area contributed by atoms with E-state index in [2.05, 4.69) is 60.9 Å². The van der Waals surface area contributed by atoms with Crippen LogP contribution in [-0.4, -0.2) is 75.7 Å². The lowest BCUT2D eigenvalue weighted by molar-refractivity contribution is 0.167. The van der Waals surface area contributed by atoms with Crippen LogP contribution in [0.5, 0.6) is 0 Å². The zero-order valence-electron chi connectivity index (χ0n) is 21.9. The van der Waals surface area contributed by atoms with Crippen molar-refractivity contribution in [2.24, 2.45) is 0 Å². The number of imidazole rings is 1. The van der Waals surface area contributed by atoms with Crippen LogP contribution < -0.4 is 10.2 Å². The molecule has 0 saturated carbocycles. The maximum Gasteiger partial charge on any atom is 0.413 e. The average molecular weight is 503 g/mol. The molecule has 4 heterocycles. The number of likely N-dealkylation sites (N-methyl/N-ethyl adjacent to an activating group) is 1. The number of aromatic nitrogens is 5. The van der Waals surface area contributed by atoms with Gasteiger partial charge in [-0.2, -0.15) is 0 Å². The molecular formula is C27H34N8O2. The number of aromatic amines is 1. The molecule has 0 unspecified atom stereocenters. The Labute approximate surface area is 217 Å². The van der Waals surface area contributed by atoms with Gasteiger partial charge in [0.2, 0.25) is 5.95 Å². The first-order chi connectivity index (χ1) is 18.0. The van der Waals surface area contributed by atoms with Crippen LogP contribution in [0.4, 0.5) is 16.6 Å². The highest BCUT2D eigenvalue weighted by molar-refractivity contribution is 5.97. The minimum absolute atomic E-state index is 0.276. The molecule has 1 aromatic carbocycles. The van der Waals surface area contributed by atoms with Gasteiger partial charge in [0.1, 0.15) is 12.1 Å². The summed E-state index contributed by atoms with van der Waals surface area (Å²) in [6.07, 6.45) is 5.84. The first-order valence-electron chi connectivity index (χ1n) is 12.7. The van der Waals surface area contributed by atoms with E-state index in [1.165, 1.54) is 6.42 Å². The molecule has 0 radical (unpaired) electrons. The van der Waals surface area contributed by atoms with E-state index in [0.717, 1.165) is 59.9 Å². The summed E-state index contributed by atoms with van der Waals surface area (Å²) in [7, 11) is 2.13. The number of amides is 1. The number of rotatable bonds is 5. The van der Waals surface area contributed by atoms with E-state index >= 15 is 0 Å². The van der Waals surface area contributed by atoms with Crippen LogP contribution in [0.2, 0.25) is 0 Å². The minimum Gasteiger partial charge on any atom is -0.450 e. The van der Waals surface area contributed by atoms with Crippen molar-refractivity contribution in [3.8, 4) is 22.4 Å². The summed E-state index contributed by atoms with van der Waals surface area (Å²) in [4.78, 5) is 37.7. The van der Waals surface area contributed by atoms with E-state index in [0.29, 0.717) is 11.5 Å². The van der Waals surface area contributed by atoms with Gasteiger partial charge in [-0.1, -0.05) is 26.3 Å². The minimum atomic E-state index is -0.560. The molecule has 37 heavy (non-hydrogen) atoms. The van der Waals surface area contributed by atoms with Crippen molar-refractivity contribution in [2.45, 2.75) is 27.2 Å². The number of H-pyrrole nitrogens is 1. The largest absolute Gasteiger partial charge is 0.450 e. The van der Waals surface area contributed by atoms with Crippen molar-refractivity contribution in [1.29, 1.82) is 0 Å². The third-order valence-corrected chi connectivity index (χ3v) is 5.83. The fourth-order valence-corrected chi connectivity index (χ4v) is 4.04. The van der Waals surface area contributed by atoms with Crippen LogP contribution in [0, 0.1) is 0 Å². The summed E-state index contributed by atoms with van der Waals surface area (Å²) in [6, 6.07) is 9.93. The van der Waals surface area contributed by atoms with Crippen molar-refractivity contribution in [1.82, 2.24) is 29.8 Å². The molecule has 1 saturated heterocycles. The first kappa shape index (κ1) is 26.0. The summed E-state index contributed by atoms with van der Waals surface area (Å²) in [5.41, 5.74) is 4.98. The Bertz CT molecular complexity index is 1320. The summed E-state index contributed by atoms with van der Waals surface area (Å²) >= 11 is 0. The summed E-state index contributed by atoms with van der Waals surface area (Å²) in [6.45, 7) is 10.1. The summed E-state index contributed by atoms with van der Waals surface area (Å²) in [5, 5.41) is 2.65. The van der Waals surface area contributed by atoms with Gasteiger partial charge in [0, 0.05) is 55.8 Å². The molecule has 1 fully saturated rings. The van der Waals surface area contributed by atoms with E-state index in [4.69, 9.17) is 4.74 Å². The third-order valence-electron chi connectivity index (χ3n) is 5.83. The molecule has 10 nitrogen and oxygen atoms in total. The lowest BCUT2D eigenvalue weighted by Gasteiger charge is -2.33. The maximum absolute atomic E-state index is 11.9. The second kappa shape index (κ2) is 12.3. The molecule has 3 aromatic heterocycles. The van der Waals surface area contributed by atoms with Gasteiger partial charge >= 0.3 is 6.09 Å². The number of nitrogens with one attached hydrogen (secondary N) is 2. The fraction of sp³-hybridized carbons (Fsp3) is 0.370. The molecule has 0 atom stereocenters. The van der Waals surface area contributed by atoms with Crippen LogP contribution in [0.25, 0.3) is 33.4 Å². The van der Waals surface area contributed by atoms with E-state index in [9.17, 15) is 4.79 Å². The van der Waals surface area contributed by atoms with E-state index < -0.39 is 6.09 Å². The highest BCUT2D eigenvalue weighted by atomic mass is 16.5. The Balaban J connectivity index is 0.00000102. The number of pyridine rings is 1. The number of hydrogen-bond acceptors (Lipinski definition) is 8. The van der Waals surface area contributed by atoms with Gasteiger partial charge in [-0.15, -0.1) is 0 Å². The molecular weight excluding hydrogens is 468 g/mol. The van der Waals surface area contributed by atoms with Crippen LogP contribution in [-0.2, 0) is 4.74 Å². The molecule has 0 bridgehead atoms. The van der Waals surface area contributed by atoms with Gasteiger partial charge < -0.3 is 19.5 Å². The predicted molar refractivity (Wildman–Crippen MR) is 147 cm³/mol. The zero-order chi connectivity index (χ0) is 26.2. The highest BCUT2D eigenvalue weighted by Gasteiger charge is 2.19. The molecule has 194 valence electrons. The van der Waals surface area contributed by atoms with Crippen LogP contribution >= 0.6 is 0 Å². The normalized spacial score (nSPS) is 13.7. The number of anilines is 2. The van der Waals surface area contributed by atoms with E-state index in [1.54, 1.807) is 19.4 Å². The first-order valence-corrected chi connectivity index (χ1v) is 12.7. The Hall–Kier alpha value is -4.05. The monoisotopic (exact) mass is 502 g/mol. The molecule has 5 rings (SSSR count). The molecule has 1 amide bonds. The van der Waals surface area contributed by atoms with E-state index in [-0.39, 0.29) is 6.61 Å². The quantitative estimate of drug-likeness (QED) is 0.400. The summed E-state index contributed by atoms with van der Waals surface area (Å²) < 4.78 is 4.99. The van der Waals surface area contributed by atoms with E-state index in [1.807, 2.05) is 36.5 Å². The number of benzene rings is 1. The lowest BCUT2D eigenvalue weighted by atomic mass is 10.0. The molecule has 4 aromatic rings. The second-order valence-electron chi connectivity index (χ2n) is 8.85. The number of ether oxygens (including phenoxy) is 1. The van der Waals surface area contributed by atoms with Gasteiger partial charge in [0.05, 0.1) is 23.3 Å². The van der Waals surface area contributed by atoms with Crippen LogP contribution in [0.15, 0.2) is 49.1 Å². The molecule has 1 aliphatic rings. The number of carbonyl (C=O) groups is 1. The van der Waals surface area contributed by atoms with Gasteiger partial charge in [-0.3, -0.25) is 10.3 Å². The number of piperazine rings is 1. The Morgan fingerprint density at radius 3 is 2.57 bits per heavy atom. The topological polar surface area (TPSA) is 112 Å². The van der Waals surface area contributed by atoms with Gasteiger partial charge in [0.25, 0.3) is 0 Å². The number of carbonyl (C=O) groups excluding carboxylic acids is 1. The number of nitrogens with zero attached hydrogens (tertiary/aromatic N) is 6. The number of hydrogen-bond donors (Lipinski definition) is 2. The average Bonchev–Trinajstić information content (AvgIpc) is 3.32. The van der Waals surface area contributed by atoms with Gasteiger partial charge in [0.15, 0.2) is 0 Å². The van der Waals surface area contributed by atoms with Crippen molar-refractivity contribution < 1.29 is 9.53 Å². The lowest BCUT2D eigenvalue weighted by Crippen LogP contribution is -2.44. The van der Waals surface area contributed by atoms with Crippen molar-refractivity contribution in [3.63, 3.8) is 0 Å². The Morgan fingerprint density at radius 1 is 1.08 bits per heavy atom. The molecule has 0 spiro atoms. The molecule has 2 N–H and O–H groups in total. The van der Waals surface area contributed by atoms with Gasteiger partial charge in [-0.05, 0) is 37.7 Å². The second-order valence-corrected chi connectivity index (χ2v) is 8.85.